The molecule has 1 heterocycles. The normalized spacial score (nSPS) is 10.5. The van der Waals surface area contributed by atoms with Gasteiger partial charge in [-0.15, -0.1) is 0 Å². The van der Waals surface area contributed by atoms with Gasteiger partial charge in [-0.1, -0.05) is 6.07 Å². The van der Waals surface area contributed by atoms with Crippen LogP contribution in [0, 0.1) is 11.3 Å². The first kappa shape index (κ1) is 17.7. The minimum atomic E-state index is -0.478. The molecule has 25 heavy (non-hydrogen) atoms. The quantitative estimate of drug-likeness (QED) is 0.554. The van der Waals surface area contributed by atoms with Crippen molar-refractivity contribution in [1.29, 1.82) is 5.26 Å². The van der Waals surface area contributed by atoms with E-state index in [1.807, 2.05) is 12.1 Å². The monoisotopic (exact) mass is 335 g/mol. The Kier molecular flexibility index (Phi) is 6.25. The third kappa shape index (κ3) is 5.80. The second-order valence-corrected chi connectivity index (χ2v) is 5.12. The Hall–Kier alpha value is -3.66. The summed E-state index contributed by atoms with van der Waals surface area (Å²) in [4.78, 5) is 27.0. The summed E-state index contributed by atoms with van der Waals surface area (Å²) in [6.07, 6.45) is 4.63. The van der Waals surface area contributed by atoms with Crippen LogP contribution in [0.2, 0.25) is 0 Å². The molecule has 0 aliphatic rings. The zero-order valence-electron chi connectivity index (χ0n) is 13.6. The summed E-state index contributed by atoms with van der Waals surface area (Å²) in [5.74, 6) is -0.633. The van der Waals surface area contributed by atoms with Gasteiger partial charge < -0.3 is 16.0 Å². The molecule has 2 aromatic rings. The number of anilines is 2. The van der Waals surface area contributed by atoms with Gasteiger partial charge in [0.05, 0.1) is 0 Å². The van der Waals surface area contributed by atoms with Crippen LogP contribution in [-0.4, -0.2) is 16.8 Å². The van der Waals surface area contributed by atoms with Gasteiger partial charge >= 0.3 is 0 Å². The number of pyridine rings is 1. The number of benzene rings is 1. The summed E-state index contributed by atoms with van der Waals surface area (Å²) in [6.45, 7) is 1.72. The Balaban J connectivity index is 1.94. The lowest BCUT2D eigenvalue weighted by Crippen LogP contribution is -2.24. The van der Waals surface area contributed by atoms with Crippen molar-refractivity contribution in [3.63, 3.8) is 0 Å². The minimum absolute atomic E-state index is 0.0465. The van der Waals surface area contributed by atoms with E-state index in [1.54, 1.807) is 42.7 Å². The Bertz CT molecular complexity index is 808. The first-order valence-corrected chi connectivity index (χ1v) is 7.50. The van der Waals surface area contributed by atoms with E-state index in [4.69, 9.17) is 5.26 Å². The van der Waals surface area contributed by atoms with E-state index in [0.717, 1.165) is 5.56 Å². The van der Waals surface area contributed by atoms with Crippen molar-refractivity contribution in [2.45, 2.75) is 13.5 Å². The maximum Gasteiger partial charge on any atom is 0.263 e. The maximum atomic E-state index is 12.0. The van der Waals surface area contributed by atoms with Crippen molar-refractivity contribution in [3.8, 4) is 6.07 Å². The molecule has 1 aromatic heterocycles. The summed E-state index contributed by atoms with van der Waals surface area (Å²) in [7, 11) is 0. The van der Waals surface area contributed by atoms with E-state index >= 15 is 0 Å². The van der Waals surface area contributed by atoms with Crippen LogP contribution in [-0.2, 0) is 16.1 Å². The molecule has 2 amide bonds. The zero-order valence-corrected chi connectivity index (χ0v) is 13.6. The molecule has 7 nitrogen and oxygen atoms in total. The van der Waals surface area contributed by atoms with E-state index in [9.17, 15) is 9.59 Å². The molecule has 0 bridgehead atoms. The van der Waals surface area contributed by atoms with E-state index < -0.39 is 5.91 Å². The summed E-state index contributed by atoms with van der Waals surface area (Å²) >= 11 is 0. The highest BCUT2D eigenvalue weighted by atomic mass is 16.2. The van der Waals surface area contributed by atoms with E-state index in [0.29, 0.717) is 11.4 Å². The fraction of sp³-hybridized carbons (Fsp3) is 0.111. The highest BCUT2D eigenvalue weighted by Crippen LogP contribution is 2.13. The van der Waals surface area contributed by atoms with Gasteiger partial charge in [0.25, 0.3) is 5.91 Å². The molecule has 2 rings (SSSR count). The Morgan fingerprint density at radius 2 is 1.92 bits per heavy atom. The van der Waals surface area contributed by atoms with Gasteiger partial charge in [-0.05, 0) is 35.9 Å². The molecule has 126 valence electrons. The van der Waals surface area contributed by atoms with E-state index in [2.05, 4.69) is 20.9 Å². The van der Waals surface area contributed by atoms with Gasteiger partial charge in [-0.3, -0.25) is 14.6 Å². The number of aromatic nitrogens is 1. The second kappa shape index (κ2) is 8.84. The summed E-state index contributed by atoms with van der Waals surface area (Å²) < 4.78 is 0. The predicted molar refractivity (Wildman–Crippen MR) is 94.1 cm³/mol. The average molecular weight is 335 g/mol. The first-order chi connectivity index (χ1) is 12.1. The average Bonchev–Trinajstić information content (AvgIpc) is 2.62. The molecule has 0 fully saturated rings. The fourth-order valence-corrected chi connectivity index (χ4v) is 1.94. The van der Waals surface area contributed by atoms with Gasteiger partial charge in [-0.25, -0.2) is 0 Å². The van der Waals surface area contributed by atoms with Crippen molar-refractivity contribution in [1.82, 2.24) is 10.3 Å². The number of hydrogen-bond acceptors (Lipinski definition) is 5. The van der Waals surface area contributed by atoms with Crippen LogP contribution in [0.25, 0.3) is 0 Å². The van der Waals surface area contributed by atoms with E-state index in [1.165, 1.54) is 13.1 Å². The highest BCUT2D eigenvalue weighted by molar-refractivity contribution is 5.97. The number of carbonyl (C=O) groups is 2. The smallest absolute Gasteiger partial charge is 0.263 e. The molecular weight excluding hydrogens is 318 g/mol. The minimum Gasteiger partial charge on any atom is -0.360 e. The molecule has 7 heteroatoms. The Morgan fingerprint density at radius 1 is 1.20 bits per heavy atom. The molecule has 3 N–H and O–H groups in total. The van der Waals surface area contributed by atoms with Crippen LogP contribution < -0.4 is 16.0 Å². The van der Waals surface area contributed by atoms with Crippen LogP contribution >= 0.6 is 0 Å². The van der Waals surface area contributed by atoms with Crippen LogP contribution in [0.5, 0.6) is 0 Å². The van der Waals surface area contributed by atoms with Crippen molar-refractivity contribution in [3.05, 3.63) is 66.1 Å². The van der Waals surface area contributed by atoms with Gasteiger partial charge in [-0.2, -0.15) is 5.26 Å². The SMILES string of the molecule is CC(=O)Nc1ccc(N/C=C(/C#N)C(=O)NCc2cccnc2)cc1. The molecule has 0 aliphatic carbocycles. The van der Waals surface area contributed by atoms with Gasteiger partial charge in [0.15, 0.2) is 0 Å². The molecule has 0 aliphatic heterocycles. The zero-order chi connectivity index (χ0) is 18.1. The van der Waals surface area contributed by atoms with Crippen molar-refractivity contribution >= 4 is 23.2 Å². The molecule has 0 saturated carbocycles. The third-order valence-corrected chi connectivity index (χ3v) is 3.13. The van der Waals surface area contributed by atoms with Crippen molar-refractivity contribution < 1.29 is 9.59 Å². The summed E-state index contributed by atoms with van der Waals surface area (Å²) in [5.41, 5.74) is 2.14. The van der Waals surface area contributed by atoms with Crippen LogP contribution in [0.15, 0.2) is 60.6 Å². The Morgan fingerprint density at radius 3 is 2.52 bits per heavy atom. The molecule has 0 unspecified atom stereocenters. The lowest BCUT2D eigenvalue weighted by Gasteiger charge is -2.06. The number of rotatable bonds is 6. The molecule has 0 spiro atoms. The van der Waals surface area contributed by atoms with Crippen molar-refractivity contribution in [2.75, 3.05) is 10.6 Å². The molecule has 1 aromatic carbocycles. The largest absolute Gasteiger partial charge is 0.360 e. The summed E-state index contributed by atoms with van der Waals surface area (Å²) in [5, 5.41) is 17.3. The van der Waals surface area contributed by atoms with Crippen LogP contribution in [0.3, 0.4) is 0 Å². The first-order valence-electron chi connectivity index (χ1n) is 7.50. The number of amides is 2. The summed E-state index contributed by atoms with van der Waals surface area (Å²) in [6, 6.07) is 12.3. The van der Waals surface area contributed by atoms with Gasteiger partial charge in [0.2, 0.25) is 5.91 Å². The molecule has 0 atom stereocenters. The standard InChI is InChI=1S/C18H17N5O2/c1-13(24)23-17-6-4-16(5-7-17)21-12-15(9-19)18(25)22-11-14-3-2-8-20-10-14/h2-8,10,12,21H,11H2,1H3,(H,22,25)(H,23,24)/b15-12-. The highest BCUT2D eigenvalue weighted by Gasteiger charge is 2.08. The number of nitrogens with one attached hydrogen (secondary N) is 3. The van der Waals surface area contributed by atoms with E-state index in [-0.39, 0.29) is 18.0 Å². The number of hydrogen-bond donors (Lipinski definition) is 3. The third-order valence-electron chi connectivity index (χ3n) is 3.13. The number of nitrogens with zero attached hydrogens (tertiary/aromatic N) is 2. The van der Waals surface area contributed by atoms with Crippen LogP contribution in [0.4, 0.5) is 11.4 Å². The number of carbonyl (C=O) groups excluding carboxylic acids is 2. The number of nitriles is 1. The molecular formula is C18H17N5O2. The lowest BCUT2D eigenvalue weighted by molar-refractivity contribution is -0.117. The van der Waals surface area contributed by atoms with Gasteiger partial charge in [0, 0.05) is 43.4 Å². The molecule has 0 radical (unpaired) electrons. The predicted octanol–water partition coefficient (Wildman–Crippen LogP) is 2.18. The Labute approximate surface area is 145 Å². The topological polar surface area (TPSA) is 107 Å². The lowest BCUT2D eigenvalue weighted by atomic mass is 10.2. The molecule has 0 saturated heterocycles. The second-order valence-electron chi connectivity index (χ2n) is 5.12. The van der Waals surface area contributed by atoms with Crippen molar-refractivity contribution in [2.24, 2.45) is 0 Å². The maximum absolute atomic E-state index is 12.0. The fourth-order valence-electron chi connectivity index (χ4n) is 1.94. The van der Waals surface area contributed by atoms with Crippen LogP contribution in [0.1, 0.15) is 12.5 Å². The van der Waals surface area contributed by atoms with Gasteiger partial charge in [0.1, 0.15) is 11.6 Å².